The zero-order chi connectivity index (χ0) is 12.7. The van der Waals surface area contributed by atoms with E-state index in [1.54, 1.807) is 29.2 Å². The van der Waals surface area contributed by atoms with Crippen LogP contribution in [0.25, 0.3) is 6.08 Å². The van der Waals surface area contributed by atoms with Crippen LogP contribution in [0.5, 0.6) is 0 Å². The molecule has 2 N–H and O–H groups in total. The SMILES string of the molecule is CC(CO)CSCc1ccc(C=CC(=O)O)s1. The lowest BCUT2D eigenvalue weighted by Gasteiger charge is -2.05. The number of rotatable bonds is 7. The first kappa shape index (κ1) is 14.3. The summed E-state index contributed by atoms with van der Waals surface area (Å²) in [6.07, 6.45) is 2.76. The van der Waals surface area contributed by atoms with Crippen molar-refractivity contribution in [3.8, 4) is 0 Å². The monoisotopic (exact) mass is 272 g/mol. The third kappa shape index (κ3) is 5.91. The van der Waals surface area contributed by atoms with Gasteiger partial charge in [0.25, 0.3) is 0 Å². The molecule has 3 nitrogen and oxygen atoms in total. The summed E-state index contributed by atoms with van der Waals surface area (Å²) in [7, 11) is 0. The van der Waals surface area contributed by atoms with Crippen molar-refractivity contribution in [1.29, 1.82) is 0 Å². The Hall–Kier alpha value is -0.780. The van der Waals surface area contributed by atoms with Crippen molar-refractivity contribution in [2.75, 3.05) is 12.4 Å². The molecule has 1 aromatic rings. The molecule has 1 atom stereocenters. The van der Waals surface area contributed by atoms with E-state index >= 15 is 0 Å². The first-order valence-corrected chi connectivity index (χ1v) is 7.27. The molecule has 0 aliphatic heterocycles. The second-order valence-corrected chi connectivity index (χ2v) is 6.01. The fourth-order valence-electron chi connectivity index (χ4n) is 1.13. The summed E-state index contributed by atoms with van der Waals surface area (Å²) < 4.78 is 0. The van der Waals surface area contributed by atoms with Gasteiger partial charge in [-0.25, -0.2) is 4.79 Å². The van der Waals surface area contributed by atoms with Crippen LogP contribution < -0.4 is 0 Å². The van der Waals surface area contributed by atoms with Crippen LogP contribution >= 0.6 is 23.1 Å². The van der Waals surface area contributed by atoms with Crippen LogP contribution in [-0.2, 0) is 10.5 Å². The van der Waals surface area contributed by atoms with Gasteiger partial charge in [0.15, 0.2) is 0 Å². The van der Waals surface area contributed by atoms with Crippen molar-refractivity contribution in [3.63, 3.8) is 0 Å². The molecular weight excluding hydrogens is 256 g/mol. The molecule has 17 heavy (non-hydrogen) atoms. The van der Waals surface area contributed by atoms with Gasteiger partial charge in [-0.05, 0) is 29.9 Å². The average molecular weight is 272 g/mol. The lowest BCUT2D eigenvalue weighted by molar-refractivity contribution is -0.131. The van der Waals surface area contributed by atoms with Gasteiger partial charge >= 0.3 is 5.97 Å². The maximum Gasteiger partial charge on any atom is 0.328 e. The number of carboxylic acid groups (broad SMARTS) is 1. The number of aliphatic hydroxyl groups is 1. The summed E-state index contributed by atoms with van der Waals surface area (Å²) in [5.41, 5.74) is 0. The minimum absolute atomic E-state index is 0.226. The van der Waals surface area contributed by atoms with Crippen molar-refractivity contribution >= 4 is 35.1 Å². The minimum atomic E-state index is -0.925. The summed E-state index contributed by atoms with van der Waals surface area (Å²) in [5.74, 6) is 1.25. The lowest BCUT2D eigenvalue weighted by atomic mass is 10.2. The van der Waals surface area contributed by atoms with Crippen LogP contribution in [0.2, 0.25) is 0 Å². The van der Waals surface area contributed by atoms with Crippen LogP contribution in [-0.4, -0.2) is 28.5 Å². The first-order chi connectivity index (χ1) is 8.11. The van der Waals surface area contributed by atoms with E-state index in [1.807, 2.05) is 19.1 Å². The molecule has 1 rings (SSSR count). The number of aliphatic hydroxyl groups excluding tert-OH is 1. The van der Waals surface area contributed by atoms with E-state index in [2.05, 4.69) is 0 Å². The van der Waals surface area contributed by atoms with E-state index < -0.39 is 5.97 Å². The molecule has 1 aromatic heterocycles. The Bertz CT molecular complexity index is 385. The van der Waals surface area contributed by atoms with E-state index in [9.17, 15) is 4.79 Å². The Kier molecular flexibility index (Phi) is 6.32. The average Bonchev–Trinajstić information content (AvgIpc) is 2.74. The lowest BCUT2D eigenvalue weighted by Crippen LogP contribution is -2.03. The van der Waals surface area contributed by atoms with E-state index in [0.29, 0.717) is 5.92 Å². The molecule has 0 aliphatic rings. The molecule has 0 amide bonds. The Morgan fingerprint density at radius 1 is 1.59 bits per heavy atom. The molecular formula is C12H16O3S2. The highest BCUT2D eigenvalue weighted by molar-refractivity contribution is 7.98. The standard InChI is InChI=1S/C12H16O3S2/c1-9(6-13)7-16-8-11-3-2-10(17-11)4-5-12(14)15/h2-5,9,13H,6-8H2,1H3,(H,14,15). The third-order valence-corrected chi connectivity index (χ3v) is 4.58. The molecule has 94 valence electrons. The Morgan fingerprint density at radius 2 is 2.35 bits per heavy atom. The topological polar surface area (TPSA) is 57.5 Å². The zero-order valence-corrected chi connectivity index (χ0v) is 11.3. The number of hydrogen-bond acceptors (Lipinski definition) is 4. The molecule has 1 heterocycles. The van der Waals surface area contributed by atoms with Crippen molar-refractivity contribution in [2.45, 2.75) is 12.7 Å². The van der Waals surface area contributed by atoms with Gasteiger partial charge in [-0.15, -0.1) is 11.3 Å². The molecule has 0 fully saturated rings. The second-order valence-electron chi connectivity index (χ2n) is 3.78. The Labute approximate surface area is 109 Å². The van der Waals surface area contributed by atoms with Gasteiger partial charge in [0.2, 0.25) is 0 Å². The number of hydrogen-bond donors (Lipinski definition) is 2. The van der Waals surface area contributed by atoms with Crippen molar-refractivity contribution < 1.29 is 15.0 Å². The van der Waals surface area contributed by atoms with Crippen LogP contribution in [0.3, 0.4) is 0 Å². The molecule has 1 unspecified atom stereocenters. The third-order valence-electron chi connectivity index (χ3n) is 2.03. The van der Waals surface area contributed by atoms with Gasteiger partial charge < -0.3 is 10.2 Å². The quantitative estimate of drug-likeness (QED) is 0.749. The largest absolute Gasteiger partial charge is 0.478 e. The maximum absolute atomic E-state index is 10.3. The normalized spacial score (nSPS) is 13.1. The van der Waals surface area contributed by atoms with E-state index in [-0.39, 0.29) is 6.61 Å². The van der Waals surface area contributed by atoms with Gasteiger partial charge in [0.1, 0.15) is 0 Å². The molecule has 0 bridgehead atoms. The minimum Gasteiger partial charge on any atom is -0.478 e. The predicted octanol–water partition coefficient (Wildman–Crippen LogP) is 2.71. The first-order valence-electron chi connectivity index (χ1n) is 5.30. The van der Waals surface area contributed by atoms with Gasteiger partial charge in [-0.3, -0.25) is 0 Å². The fourth-order valence-corrected chi connectivity index (χ4v) is 3.25. The summed E-state index contributed by atoms with van der Waals surface area (Å²) in [6.45, 7) is 2.24. The van der Waals surface area contributed by atoms with Gasteiger partial charge in [0.05, 0.1) is 0 Å². The van der Waals surface area contributed by atoms with Crippen molar-refractivity contribution in [2.24, 2.45) is 5.92 Å². The highest BCUT2D eigenvalue weighted by Gasteiger charge is 2.02. The van der Waals surface area contributed by atoms with Crippen molar-refractivity contribution in [3.05, 3.63) is 28.0 Å². The molecule has 0 aromatic carbocycles. The maximum atomic E-state index is 10.3. The Balaban J connectivity index is 2.38. The highest BCUT2D eigenvalue weighted by atomic mass is 32.2. The van der Waals surface area contributed by atoms with Crippen LogP contribution in [0.1, 0.15) is 16.7 Å². The predicted molar refractivity (Wildman–Crippen MR) is 73.4 cm³/mol. The van der Waals surface area contributed by atoms with Gasteiger partial charge in [-0.2, -0.15) is 11.8 Å². The molecule has 0 spiro atoms. The molecule has 0 saturated carbocycles. The smallest absolute Gasteiger partial charge is 0.328 e. The van der Waals surface area contributed by atoms with Crippen molar-refractivity contribution in [1.82, 2.24) is 0 Å². The highest BCUT2D eigenvalue weighted by Crippen LogP contribution is 2.23. The zero-order valence-electron chi connectivity index (χ0n) is 9.63. The molecule has 0 radical (unpaired) electrons. The van der Waals surface area contributed by atoms with E-state index in [0.717, 1.165) is 22.5 Å². The van der Waals surface area contributed by atoms with E-state index in [1.165, 1.54) is 4.88 Å². The fraction of sp³-hybridized carbons (Fsp3) is 0.417. The Morgan fingerprint density at radius 3 is 3.00 bits per heavy atom. The number of thioether (sulfide) groups is 1. The molecule has 0 saturated heterocycles. The van der Waals surface area contributed by atoms with Gasteiger partial charge in [0, 0.05) is 28.2 Å². The molecule has 0 aliphatic carbocycles. The summed E-state index contributed by atoms with van der Waals surface area (Å²) in [4.78, 5) is 12.5. The number of thiophene rings is 1. The van der Waals surface area contributed by atoms with Crippen LogP contribution in [0.4, 0.5) is 0 Å². The van der Waals surface area contributed by atoms with E-state index in [4.69, 9.17) is 10.2 Å². The number of aliphatic carboxylic acids is 1. The number of carboxylic acids is 1. The van der Waals surface area contributed by atoms with Crippen LogP contribution in [0.15, 0.2) is 18.2 Å². The summed E-state index contributed by atoms with van der Waals surface area (Å²) >= 11 is 3.39. The number of carbonyl (C=O) groups is 1. The molecule has 5 heteroatoms. The van der Waals surface area contributed by atoms with Crippen LogP contribution in [0, 0.1) is 5.92 Å². The van der Waals surface area contributed by atoms with Gasteiger partial charge in [-0.1, -0.05) is 6.92 Å². The summed E-state index contributed by atoms with van der Waals surface area (Å²) in [5, 5.41) is 17.4. The second kappa shape index (κ2) is 7.53. The summed E-state index contributed by atoms with van der Waals surface area (Å²) in [6, 6.07) is 3.94.